The number of anilines is 1. The molecule has 0 saturated heterocycles. The van der Waals surface area contributed by atoms with E-state index >= 15 is 0 Å². The Bertz CT molecular complexity index is 599. The van der Waals surface area contributed by atoms with Crippen LogP contribution in [0.3, 0.4) is 0 Å². The summed E-state index contributed by atoms with van der Waals surface area (Å²) in [7, 11) is 0. The van der Waals surface area contributed by atoms with Gasteiger partial charge in [-0.2, -0.15) is 0 Å². The maximum atomic E-state index is 12.2. The fourth-order valence-corrected chi connectivity index (χ4v) is 2.33. The van der Waals surface area contributed by atoms with Crippen LogP contribution in [0.15, 0.2) is 54.6 Å². The number of carbonyl (C=O) groups is 1. The van der Waals surface area contributed by atoms with Crippen LogP contribution in [0.5, 0.6) is 0 Å². The molecular formula is C18H22N2O2. The Morgan fingerprint density at radius 3 is 2.45 bits per heavy atom. The molecule has 0 aliphatic carbocycles. The van der Waals surface area contributed by atoms with Gasteiger partial charge in [0.05, 0.1) is 6.04 Å². The standard InChI is InChI=1S/C18H22N2O2/c1-14-8-5-6-11-16(14)19-18(22)20-17(12-7-13-21)15-9-3-2-4-10-15/h2-6,8-11,17,21H,7,12-13H2,1H3,(H2,19,20,22). The molecule has 3 N–H and O–H groups in total. The van der Waals surface area contributed by atoms with Crippen molar-refractivity contribution in [1.29, 1.82) is 0 Å². The van der Waals surface area contributed by atoms with Crippen molar-refractivity contribution in [2.45, 2.75) is 25.8 Å². The van der Waals surface area contributed by atoms with E-state index < -0.39 is 0 Å². The average molecular weight is 298 g/mol. The van der Waals surface area contributed by atoms with Crippen LogP contribution in [-0.2, 0) is 0 Å². The molecule has 1 unspecified atom stereocenters. The Balaban J connectivity index is 2.03. The maximum Gasteiger partial charge on any atom is 0.319 e. The van der Waals surface area contributed by atoms with Crippen molar-refractivity contribution >= 4 is 11.7 Å². The number of hydrogen-bond acceptors (Lipinski definition) is 2. The van der Waals surface area contributed by atoms with Crippen molar-refractivity contribution in [2.75, 3.05) is 11.9 Å². The highest BCUT2D eigenvalue weighted by molar-refractivity contribution is 5.90. The maximum absolute atomic E-state index is 12.2. The summed E-state index contributed by atoms with van der Waals surface area (Å²) in [6, 6.07) is 17.1. The monoisotopic (exact) mass is 298 g/mol. The molecule has 1 atom stereocenters. The second-order valence-electron chi connectivity index (χ2n) is 5.24. The fraction of sp³-hybridized carbons (Fsp3) is 0.278. The summed E-state index contributed by atoms with van der Waals surface area (Å²) in [5.41, 5.74) is 2.86. The highest BCUT2D eigenvalue weighted by atomic mass is 16.3. The summed E-state index contributed by atoms with van der Waals surface area (Å²) in [6.45, 7) is 2.07. The molecule has 0 heterocycles. The number of amides is 2. The number of hydrogen-bond donors (Lipinski definition) is 3. The molecule has 4 nitrogen and oxygen atoms in total. The SMILES string of the molecule is Cc1ccccc1NC(=O)NC(CCCO)c1ccccc1. The number of benzene rings is 2. The molecular weight excluding hydrogens is 276 g/mol. The number of urea groups is 1. The van der Waals surface area contributed by atoms with E-state index in [0.29, 0.717) is 12.8 Å². The predicted octanol–water partition coefficient (Wildman–Crippen LogP) is 3.63. The molecule has 0 radical (unpaired) electrons. The second kappa shape index (κ2) is 8.20. The molecule has 2 aromatic rings. The van der Waals surface area contributed by atoms with E-state index in [1.54, 1.807) is 0 Å². The van der Waals surface area contributed by atoms with E-state index in [2.05, 4.69) is 10.6 Å². The number of nitrogens with one attached hydrogen (secondary N) is 2. The molecule has 0 aliphatic heterocycles. The number of para-hydroxylation sites is 1. The lowest BCUT2D eigenvalue weighted by atomic mass is 10.0. The summed E-state index contributed by atoms with van der Waals surface area (Å²) < 4.78 is 0. The zero-order chi connectivity index (χ0) is 15.8. The van der Waals surface area contributed by atoms with E-state index in [1.807, 2.05) is 61.5 Å². The van der Waals surface area contributed by atoms with Crippen LogP contribution in [0.4, 0.5) is 10.5 Å². The van der Waals surface area contributed by atoms with Crippen LogP contribution < -0.4 is 10.6 Å². The van der Waals surface area contributed by atoms with Crippen molar-refractivity contribution in [1.82, 2.24) is 5.32 Å². The molecule has 0 aromatic heterocycles. The van der Waals surface area contributed by atoms with Crippen molar-refractivity contribution in [3.8, 4) is 0 Å². The Morgan fingerprint density at radius 2 is 1.77 bits per heavy atom. The largest absolute Gasteiger partial charge is 0.396 e. The average Bonchev–Trinajstić information content (AvgIpc) is 2.54. The Hall–Kier alpha value is -2.33. The van der Waals surface area contributed by atoms with Gasteiger partial charge in [-0.15, -0.1) is 0 Å². The molecule has 116 valence electrons. The molecule has 0 spiro atoms. The fourth-order valence-electron chi connectivity index (χ4n) is 2.33. The van der Waals surface area contributed by atoms with Gasteiger partial charge in [-0.3, -0.25) is 0 Å². The minimum atomic E-state index is -0.235. The predicted molar refractivity (Wildman–Crippen MR) is 88.8 cm³/mol. The number of rotatable bonds is 6. The number of aliphatic hydroxyl groups excluding tert-OH is 1. The first-order chi connectivity index (χ1) is 10.7. The van der Waals surface area contributed by atoms with Gasteiger partial charge in [-0.25, -0.2) is 4.79 Å². The van der Waals surface area contributed by atoms with Crippen molar-refractivity contribution in [3.05, 3.63) is 65.7 Å². The van der Waals surface area contributed by atoms with Gasteiger partial charge >= 0.3 is 6.03 Å². The number of aryl methyl sites for hydroxylation is 1. The molecule has 0 saturated carbocycles. The van der Waals surface area contributed by atoms with E-state index in [4.69, 9.17) is 5.11 Å². The van der Waals surface area contributed by atoms with Crippen molar-refractivity contribution in [2.24, 2.45) is 0 Å². The highest BCUT2D eigenvalue weighted by Gasteiger charge is 2.14. The van der Waals surface area contributed by atoms with Crippen LogP contribution in [0.25, 0.3) is 0 Å². The molecule has 0 aliphatic rings. The Kier molecular flexibility index (Phi) is 5.98. The van der Waals surface area contributed by atoms with Gasteiger partial charge < -0.3 is 15.7 Å². The van der Waals surface area contributed by atoms with Gasteiger partial charge in [0.2, 0.25) is 0 Å². The molecule has 4 heteroatoms. The van der Waals surface area contributed by atoms with E-state index in [1.165, 1.54) is 0 Å². The van der Waals surface area contributed by atoms with Gasteiger partial charge in [-0.1, -0.05) is 48.5 Å². The first-order valence-corrected chi connectivity index (χ1v) is 7.49. The van der Waals surface area contributed by atoms with E-state index in [-0.39, 0.29) is 18.7 Å². The van der Waals surface area contributed by atoms with Crippen molar-refractivity contribution < 1.29 is 9.90 Å². The Labute approximate surface area is 131 Å². The molecule has 0 fully saturated rings. The van der Waals surface area contributed by atoms with Crippen LogP contribution in [0.1, 0.15) is 30.0 Å². The quantitative estimate of drug-likeness (QED) is 0.762. The number of aliphatic hydroxyl groups is 1. The first kappa shape index (κ1) is 16.0. The lowest BCUT2D eigenvalue weighted by Gasteiger charge is -2.19. The third kappa shape index (κ3) is 4.60. The molecule has 2 aromatic carbocycles. The summed E-state index contributed by atoms with van der Waals surface area (Å²) in [6.07, 6.45) is 1.34. The minimum Gasteiger partial charge on any atom is -0.396 e. The number of carbonyl (C=O) groups excluding carboxylic acids is 1. The van der Waals surface area contributed by atoms with Gasteiger partial charge in [-0.05, 0) is 37.0 Å². The van der Waals surface area contributed by atoms with Crippen molar-refractivity contribution in [3.63, 3.8) is 0 Å². The van der Waals surface area contributed by atoms with Gasteiger partial charge in [0, 0.05) is 12.3 Å². The Morgan fingerprint density at radius 1 is 1.09 bits per heavy atom. The summed E-state index contributed by atoms with van der Waals surface area (Å²) in [4.78, 5) is 12.2. The highest BCUT2D eigenvalue weighted by Crippen LogP contribution is 2.19. The van der Waals surface area contributed by atoms with Crippen LogP contribution in [0, 0.1) is 6.92 Å². The zero-order valence-corrected chi connectivity index (χ0v) is 12.8. The third-order valence-electron chi connectivity index (χ3n) is 3.55. The molecule has 2 amide bonds. The van der Waals surface area contributed by atoms with E-state index in [0.717, 1.165) is 16.8 Å². The topological polar surface area (TPSA) is 61.4 Å². The summed E-state index contributed by atoms with van der Waals surface area (Å²) in [5, 5.41) is 14.9. The van der Waals surface area contributed by atoms with Gasteiger partial charge in [0.25, 0.3) is 0 Å². The lowest BCUT2D eigenvalue weighted by Crippen LogP contribution is -2.33. The second-order valence-corrected chi connectivity index (χ2v) is 5.24. The summed E-state index contributed by atoms with van der Waals surface area (Å²) >= 11 is 0. The van der Waals surface area contributed by atoms with Crippen LogP contribution in [-0.4, -0.2) is 17.7 Å². The zero-order valence-electron chi connectivity index (χ0n) is 12.8. The first-order valence-electron chi connectivity index (χ1n) is 7.49. The smallest absolute Gasteiger partial charge is 0.319 e. The molecule has 0 bridgehead atoms. The lowest BCUT2D eigenvalue weighted by molar-refractivity contribution is 0.244. The van der Waals surface area contributed by atoms with Crippen LogP contribution >= 0.6 is 0 Å². The minimum absolute atomic E-state index is 0.114. The molecule has 2 rings (SSSR count). The van der Waals surface area contributed by atoms with Gasteiger partial charge in [0.15, 0.2) is 0 Å². The van der Waals surface area contributed by atoms with E-state index in [9.17, 15) is 4.79 Å². The van der Waals surface area contributed by atoms with Crippen LogP contribution in [0.2, 0.25) is 0 Å². The third-order valence-corrected chi connectivity index (χ3v) is 3.55. The normalized spacial score (nSPS) is 11.7. The summed E-state index contributed by atoms with van der Waals surface area (Å²) in [5.74, 6) is 0. The molecule has 22 heavy (non-hydrogen) atoms. The van der Waals surface area contributed by atoms with Gasteiger partial charge in [0.1, 0.15) is 0 Å².